The molecule has 0 radical (unpaired) electrons. The maximum absolute atomic E-state index is 13.6. The number of aromatic nitrogens is 1. The Labute approximate surface area is 104 Å². The highest BCUT2D eigenvalue weighted by Gasteiger charge is 2.13. The summed E-state index contributed by atoms with van der Waals surface area (Å²) in [7, 11) is 0. The molecule has 0 aliphatic heterocycles. The zero-order valence-corrected chi connectivity index (χ0v) is 9.77. The van der Waals surface area contributed by atoms with Crippen molar-refractivity contribution in [2.24, 2.45) is 0 Å². The minimum atomic E-state index is -0.476. The lowest BCUT2D eigenvalue weighted by Crippen LogP contribution is -2.15. The molecule has 0 unspecified atom stereocenters. The van der Waals surface area contributed by atoms with Crippen LogP contribution in [0, 0.1) is 12.7 Å². The van der Waals surface area contributed by atoms with Crippen molar-refractivity contribution in [3.8, 4) is 0 Å². The van der Waals surface area contributed by atoms with Gasteiger partial charge in [-0.25, -0.2) is 4.39 Å². The first kappa shape index (κ1) is 12.0. The molecule has 0 atom stereocenters. The van der Waals surface area contributed by atoms with Gasteiger partial charge in [-0.3, -0.25) is 9.78 Å². The second-order valence-corrected chi connectivity index (χ2v) is 3.85. The van der Waals surface area contributed by atoms with Crippen LogP contribution >= 0.6 is 0 Å². The molecule has 0 fully saturated rings. The first-order valence-electron chi connectivity index (χ1n) is 5.35. The highest BCUT2D eigenvalue weighted by atomic mass is 19.1. The molecule has 1 aromatic heterocycles. The third kappa shape index (κ3) is 2.29. The fourth-order valence-electron chi connectivity index (χ4n) is 1.58. The fourth-order valence-corrected chi connectivity index (χ4v) is 1.58. The number of rotatable bonds is 2. The van der Waals surface area contributed by atoms with Gasteiger partial charge in [0, 0.05) is 6.20 Å². The number of para-hydroxylation sites is 1. The average molecular weight is 245 g/mol. The third-order valence-corrected chi connectivity index (χ3v) is 2.56. The molecule has 18 heavy (non-hydrogen) atoms. The Balaban J connectivity index is 2.30. The van der Waals surface area contributed by atoms with Crippen molar-refractivity contribution < 1.29 is 9.18 Å². The molecule has 1 aromatic carbocycles. The number of halogens is 1. The molecule has 4 nitrogen and oxygen atoms in total. The van der Waals surface area contributed by atoms with Gasteiger partial charge in [0.2, 0.25) is 0 Å². The van der Waals surface area contributed by atoms with Gasteiger partial charge in [-0.2, -0.15) is 0 Å². The Bertz CT molecular complexity index is 578. The van der Waals surface area contributed by atoms with Crippen molar-refractivity contribution in [1.29, 1.82) is 0 Å². The predicted molar refractivity (Wildman–Crippen MR) is 67.7 cm³/mol. The van der Waals surface area contributed by atoms with E-state index in [1.54, 1.807) is 19.1 Å². The van der Waals surface area contributed by atoms with Crippen LogP contribution in [0.1, 0.15) is 15.9 Å². The smallest absolute Gasteiger partial charge is 0.257 e. The van der Waals surface area contributed by atoms with Crippen molar-refractivity contribution in [2.45, 2.75) is 6.92 Å². The van der Waals surface area contributed by atoms with Crippen molar-refractivity contribution in [1.82, 2.24) is 4.98 Å². The lowest BCUT2D eigenvalue weighted by molar-refractivity contribution is 0.102. The normalized spacial score (nSPS) is 10.1. The number of nitrogen functional groups attached to an aromatic ring is 1. The van der Waals surface area contributed by atoms with E-state index < -0.39 is 11.7 Å². The summed E-state index contributed by atoms with van der Waals surface area (Å²) in [5.74, 6) is -0.931. The van der Waals surface area contributed by atoms with Gasteiger partial charge in [-0.05, 0) is 24.6 Å². The number of anilines is 2. The molecular formula is C13H12FN3O. The minimum Gasteiger partial charge on any atom is -0.397 e. The van der Waals surface area contributed by atoms with Crippen molar-refractivity contribution in [2.75, 3.05) is 11.1 Å². The second-order valence-electron chi connectivity index (χ2n) is 3.85. The molecule has 2 rings (SSSR count). The highest BCUT2D eigenvalue weighted by molar-refractivity contribution is 6.07. The molecule has 1 heterocycles. The number of hydrogen-bond acceptors (Lipinski definition) is 3. The molecule has 0 aliphatic carbocycles. The summed E-state index contributed by atoms with van der Waals surface area (Å²) >= 11 is 0. The standard InChI is InChI=1S/C13H12FN3O/c1-8-3-2-4-10(14)12(8)17-13(18)9-5-6-16-7-11(9)15/h2-7H,15H2,1H3,(H,17,18). The predicted octanol–water partition coefficient (Wildman–Crippen LogP) is 2.36. The summed E-state index contributed by atoms with van der Waals surface area (Å²) in [6, 6.07) is 6.08. The summed E-state index contributed by atoms with van der Waals surface area (Å²) in [5, 5.41) is 2.51. The number of benzene rings is 1. The number of carbonyl (C=O) groups is 1. The maximum atomic E-state index is 13.6. The van der Waals surface area contributed by atoms with Crippen molar-refractivity contribution in [3.63, 3.8) is 0 Å². The van der Waals surface area contributed by atoms with E-state index in [4.69, 9.17) is 5.73 Å². The van der Waals surface area contributed by atoms with Crippen LogP contribution in [0.4, 0.5) is 15.8 Å². The zero-order chi connectivity index (χ0) is 13.1. The Morgan fingerprint density at radius 3 is 2.83 bits per heavy atom. The van der Waals surface area contributed by atoms with Gasteiger partial charge in [0.15, 0.2) is 0 Å². The Kier molecular flexibility index (Phi) is 3.23. The molecular weight excluding hydrogens is 233 g/mol. The summed E-state index contributed by atoms with van der Waals surface area (Å²) < 4.78 is 13.6. The van der Waals surface area contributed by atoms with E-state index >= 15 is 0 Å². The van der Waals surface area contributed by atoms with Gasteiger partial charge in [0.25, 0.3) is 5.91 Å². The maximum Gasteiger partial charge on any atom is 0.257 e. The van der Waals surface area contributed by atoms with Crippen LogP contribution < -0.4 is 11.1 Å². The first-order valence-corrected chi connectivity index (χ1v) is 5.35. The van der Waals surface area contributed by atoms with Gasteiger partial charge < -0.3 is 11.1 Å². The summed E-state index contributed by atoms with van der Waals surface area (Å²) in [4.78, 5) is 15.7. The minimum absolute atomic E-state index is 0.165. The second kappa shape index (κ2) is 4.83. The van der Waals surface area contributed by atoms with E-state index in [1.165, 1.54) is 24.5 Å². The van der Waals surface area contributed by atoms with Crippen molar-refractivity contribution in [3.05, 3.63) is 53.6 Å². The van der Waals surface area contributed by atoms with E-state index in [-0.39, 0.29) is 16.9 Å². The molecule has 5 heteroatoms. The fraction of sp³-hybridized carbons (Fsp3) is 0.0769. The number of nitrogens with one attached hydrogen (secondary N) is 1. The summed E-state index contributed by atoms with van der Waals surface area (Å²) in [5.41, 5.74) is 6.97. The van der Waals surface area contributed by atoms with E-state index in [9.17, 15) is 9.18 Å². The van der Waals surface area contributed by atoms with Gasteiger partial charge in [0.05, 0.1) is 23.1 Å². The molecule has 0 aliphatic rings. The van der Waals surface area contributed by atoms with Crippen LogP contribution in [-0.4, -0.2) is 10.9 Å². The molecule has 3 N–H and O–H groups in total. The number of carbonyl (C=O) groups excluding carboxylic acids is 1. The zero-order valence-electron chi connectivity index (χ0n) is 9.77. The van der Waals surface area contributed by atoms with E-state index in [0.717, 1.165) is 0 Å². The molecule has 92 valence electrons. The quantitative estimate of drug-likeness (QED) is 0.853. The number of amides is 1. The van der Waals surface area contributed by atoms with Crippen LogP contribution in [-0.2, 0) is 0 Å². The molecule has 0 saturated carbocycles. The number of nitrogens with zero attached hydrogens (tertiary/aromatic N) is 1. The lowest BCUT2D eigenvalue weighted by Gasteiger charge is -2.10. The third-order valence-electron chi connectivity index (χ3n) is 2.56. The lowest BCUT2D eigenvalue weighted by atomic mass is 10.1. The van der Waals surface area contributed by atoms with Crippen LogP contribution in [0.2, 0.25) is 0 Å². The Morgan fingerprint density at radius 1 is 1.39 bits per heavy atom. The summed E-state index contributed by atoms with van der Waals surface area (Å²) in [6.45, 7) is 1.72. The number of pyridine rings is 1. The summed E-state index contributed by atoms with van der Waals surface area (Å²) in [6.07, 6.45) is 2.84. The van der Waals surface area contributed by atoms with Crippen LogP contribution in [0.5, 0.6) is 0 Å². The topological polar surface area (TPSA) is 68.0 Å². The van der Waals surface area contributed by atoms with Gasteiger partial charge >= 0.3 is 0 Å². The van der Waals surface area contributed by atoms with Crippen LogP contribution in [0.15, 0.2) is 36.7 Å². The average Bonchev–Trinajstić information content (AvgIpc) is 2.34. The highest BCUT2D eigenvalue weighted by Crippen LogP contribution is 2.20. The first-order chi connectivity index (χ1) is 8.59. The molecule has 0 spiro atoms. The Hall–Kier alpha value is -2.43. The van der Waals surface area contributed by atoms with Gasteiger partial charge in [-0.1, -0.05) is 12.1 Å². The SMILES string of the molecule is Cc1cccc(F)c1NC(=O)c1ccncc1N. The van der Waals surface area contributed by atoms with Gasteiger partial charge in [0.1, 0.15) is 5.82 Å². The molecule has 0 saturated heterocycles. The monoisotopic (exact) mass is 245 g/mol. The molecule has 0 bridgehead atoms. The number of aryl methyl sites for hydroxylation is 1. The van der Waals surface area contributed by atoms with Gasteiger partial charge in [-0.15, -0.1) is 0 Å². The number of nitrogens with two attached hydrogens (primary N) is 1. The Morgan fingerprint density at radius 2 is 2.17 bits per heavy atom. The molecule has 2 aromatic rings. The van der Waals surface area contributed by atoms with Crippen molar-refractivity contribution >= 4 is 17.3 Å². The van der Waals surface area contributed by atoms with Crippen LogP contribution in [0.25, 0.3) is 0 Å². The van der Waals surface area contributed by atoms with E-state index in [1.807, 2.05) is 0 Å². The molecule has 1 amide bonds. The number of hydrogen-bond donors (Lipinski definition) is 2. The van der Waals surface area contributed by atoms with E-state index in [0.29, 0.717) is 5.56 Å². The van der Waals surface area contributed by atoms with E-state index in [2.05, 4.69) is 10.3 Å². The largest absolute Gasteiger partial charge is 0.397 e. The van der Waals surface area contributed by atoms with Crippen LogP contribution in [0.3, 0.4) is 0 Å².